The first kappa shape index (κ1) is 6.40. The van der Waals surface area contributed by atoms with Gasteiger partial charge in [0.25, 0.3) is 0 Å². The monoisotopic (exact) mass is 155 g/mol. The van der Waals surface area contributed by atoms with E-state index in [2.05, 4.69) is 7.05 Å². The van der Waals surface area contributed by atoms with Crippen LogP contribution in [-0.2, 0) is 9.47 Å². The smallest absolute Gasteiger partial charge is 0.120 e. The molecule has 0 bridgehead atoms. The summed E-state index contributed by atoms with van der Waals surface area (Å²) < 4.78 is 10.9. The van der Waals surface area contributed by atoms with E-state index in [-0.39, 0.29) is 0 Å². The minimum atomic E-state index is 0.372. The molecule has 0 aromatic heterocycles. The number of hydrogen-bond donors (Lipinski definition) is 1. The number of rotatable bonds is 0. The maximum atomic E-state index is 5.47. The van der Waals surface area contributed by atoms with E-state index in [1.54, 1.807) is 0 Å². The van der Waals surface area contributed by atoms with E-state index in [4.69, 9.17) is 9.47 Å². The van der Waals surface area contributed by atoms with Gasteiger partial charge in [-0.3, -0.25) is 0 Å². The summed E-state index contributed by atoms with van der Waals surface area (Å²) in [5.74, 6) is 0. The van der Waals surface area contributed by atoms with Gasteiger partial charge < -0.3 is 14.4 Å². The van der Waals surface area contributed by atoms with Crippen LogP contribution in [0.2, 0.25) is 0 Å². The third kappa shape index (κ3) is 0.534. The number of hydrogen-bond acceptors (Lipinski definition) is 2. The lowest BCUT2D eigenvalue weighted by Crippen LogP contribution is -3.26. The first-order valence-electron chi connectivity index (χ1n) is 4.19. The molecule has 3 heteroatoms. The van der Waals surface area contributed by atoms with Crippen molar-refractivity contribution in [1.82, 2.24) is 0 Å². The van der Waals surface area contributed by atoms with Gasteiger partial charge in [-0.2, -0.15) is 7.05 Å². The Balaban J connectivity index is 1.95. The van der Waals surface area contributed by atoms with Crippen molar-refractivity contribution in [2.45, 2.75) is 12.1 Å². The Labute approximate surface area is 66.3 Å². The van der Waals surface area contributed by atoms with Crippen LogP contribution in [-0.4, -0.2) is 38.5 Å². The third-order valence-electron chi connectivity index (χ3n) is 3.59. The molecule has 3 nitrogen and oxygen atoms in total. The molecule has 3 aliphatic rings. The van der Waals surface area contributed by atoms with Gasteiger partial charge >= 0.3 is 0 Å². The second kappa shape index (κ2) is 1.79. The van der Waals surface area contributed by atoms with E-state index in [1.165, 1.54) is 4.90 Å². The zero-order valence-corrected chi connectivity index (χ0v) is 6.51. The molecule has 0 aliphatic carbocycles. The average Bonchev–Trinajstić information content (AvgIpc) is 2.56. The van der Waals surface area contributed by atoms with Gasteiger partial charge in [0.15, 0.2) is 0 Å². The molecule has 3 saturated heterocycles. The van der Waals surface area contributed by atoms with Crippen molar-refractivity contribution in [3.05, 3.63) is 7.05 Å². The van der Waals surface area contributed by atoms with Gasteiger partial charge in [-0.1, -0.05) is 0 Å². The lowest BCUT2D eigenvalue weighted by atomic mass is 9.69. The molecule has 62 valence electrons. The summed E-state index contributed by atoms with van der Waals surface area (Å²) in [6, 6.07) is 1.24. The van der Waals surface area contributed by atoms with E-state index in [1.807, 2.05) is 0 Å². The van der Waals surface area contributed by atoms with Gasteiger partial charge in [0.05, 0.1) is 26.4 Å². The van der Waals surface area contributed by atoms with Crippen LogP contribution < -0.4 is 4.90 Å². The molecular weight excluding hydrogens is 142 g/mol. The zero-order chi connectivity index (χ0) is 7.47. The van der Waals surface area contributed by atoms with Gasteiger partial charge in [0.2, 0.25) is 0 Å². The lowest BCUT2D eigenvalue weighted by molar-refractivity contribution is -0.969. The van der Waals surface area contributed by atoms with Crippen LogP contribution in [0.4, 0.5) is 0 Å². The van der Waals surface area contributed by atoms with Crippen LogP contribution in [0.5, 0.6) is 0 Å². The zero-order valence-electron chi connectivity index (χ0n) is 6.51. The molecule has 11 heavy (non-hydrogen) atoms. The first-order chi connectivity index (χ1) is 5.34. The van der Waals surface area contributed by atoms with Gasteiger partial charge in [0.1, 0.15) is 17.5 Å². The second-order valence-corrected chi connectivity index (χ2v) is 3.94. The quantitative estimate of drug-likeness (QED) is 0.428. The highest BCUT2D eigenvalue weighted by atomic mass is 16.5. The average molecular weight is 155 g/mol. The molecule has 2 atom stereocenters. The summed E-state index contributed by atoms with van der Waals surface area (Å²) in [7, 11) is 4.08. The lowest BCUT2D eigenvalue weighted by Gasteiger charge is -2.54. The van der Waals surface area contributed by atoms with E-state index < -0.39 is 0 Å². The van der Waals surface area contributed by atoms with E-state index in [0.29, 0.717) is 17.5 Å². The summed E-state index contributed by atoms with van der Waals surface area (Å²) in [4.78, 5) is 1.38. The van der Waals surface area contributed by atoms with Crippen molar-refractivity contribution < 1.29 is 14.4 Å². The van der Waals surface area contributed by atoms with Crippen molar-refractivity contribution in [3.63, 3.8) is 0 Å². The van der Waals surface area contributed by atoms with Gasteiger partial charge in [-0.15, -0.1) is 0 Å². The fourth-order valence-electron chi connectivity index (χ4n) is 2.85. The first-order valence-corrected chi connectivity index (χ1v) is 4.19. The van der Waals surface area contributed by atoms with Crippen LogP contribution in [0.3, 0.4) is 0 Å². The Bertz CT molecular complexity index is 175. The van der Waals surface area contributed by atoms with Crippen molar-refractivity contribution >= 4 is 0 Å². The Hall–Kier alpha value is -0.120. The minimum Gasteiger partial charge on any atom is -0.457 e. The molecule has 0 aromatic rings. The Morgan fingerprint density at radius 1 is 1.18 bits per heavy atom. The summed E-state index contributed by atoms with van der Waals surface area (Å²) in [5.41, 5.74) is 0.372. The van der Waals surface area contributed by atoms with E-state index in [9.17, 15) is 0 Å². The molecule has 3 heterocycles. The molecule has 3 rings (SSSR count). The molecule has 0 aromatic carbocycles. The van der Waals surface area contributed by atoms with Crippen LogP contribution in [0.1, 0.15) is 0 Å². The molecule has 0 saturated carbocycles. The fraction of sp³-hybridized carbons (Fsp3) is 0.875. The van der Waals surface area contributed by atoms with Crippen LogP contribution in [0.25, 0.3) is 0 Å². The Morgan fingerprint density at radius 3 is 2.27 bits per heavy atom. The van der Waals surface area contributed by atoms with Crippen LogP contribution in [0, 0.1) is 12.5 Å². The van der Waals surface area contributed by atoms with Crippen molar-refractivity contribution in [3.8, 4) is 0 Å². The molecule has 3 aliphatic heterocycles. The number of nitrogens with one attached hydrogen (secondary N) is 1. The standard InChI is InChI=1S/C8H13NO2/c1-9-6-2-10-4-8(6)5-11-3-7(8)9/h6-7,9H,1-5H2. The highest BCUT2D eigenvalue weighted by Crippen LogP contribution is 2.40. The molecule has 2 unspecified atom stereocenters. The van der Waals surface area contributed by atoms with Gasteiger partial charge in [0, 0.05) is 0 Å². The molecule has 3 fully saturated rings. The van der Waals surface area contributed by atoms with Crippen LogP contribution in [0.15, 0.2) is 0 Å². The normalized spacial score (nSPS) is 60.3. The predicted molar refractivity (Wildman–Crippen MR) is 38.0 cm³/mol. The molecule has 1 N–H and O–H groups in total. The largest absolute Gasteiger partial charge is 0.457 e. The summed E-state index contributed by atoms with van der Waals surface area (Å²) in [5, 5.41) is 0. The maximum absolute atomic E-state index is 5.47. The summed E-state index contributed by atoms with van der Waals surface area (Å²) >= 11 is 0. The fourth-order valence-corrected chi connectivity index (χ4v) is 2.85. The summed E-state index contributed by atoms with van der Waals surface area (Å²) in [6.07, 6.45) is 0. The van der Waals surface area contributed by atoms with Crippen LogP contribution >= 0.6 is 0 Å². The third-order valence-corrected chi connectivity index (χ3v) is 3.59. The number of likely N-dealkylation sites (tertiary alicyclic amines) is 1. The minimum absolute atomic E-state index is 0.372. The molecule has 1 spiro atoms. The maximum Gasteiger partial charge on any atom is 0.120 e. The molecular formula is C8H13NO2. The van der Waals surface area contributed by atoms with E-state index >= 15 is 0 Å². The predicted octanol–water partition coefficient (Wildman–Crippen LogP) is -1.54. The highest BCUT2D eigenvalue weighted by molar-refractivity contribution is 5.06. The van der Waals surface area contributed by atoms with Gasteiger partial charge in [-0.05, 0) is 0 Å². The second-order valence-electron chi connectivity index (χ2n) is 3.94. The highest BCUT2D eigenvalue weighted by Gasteiger charge is 2.67. The Morgan fingerprint density at radius 2 is 1.73 bits per heavy atom. The number of quaternary nitrogens is 1. The Kier molecular flexibility index (Phi) is 1.04. The van der Waals surface area contributed by atoms with Gasteiger partial charge in [-0.25, -0.2) is 0 Å². The van der Waals surface area contributed by atoms with Crippen molar-refractivity contribution in [2.24, 2.45) is 5.41 Å². The number of ether oxygens (including phenoxy) is 2. The molecule has 0 amide bonds. The topological polar surface area (TPSA) is 22.9 Å². The molecule has 0 radical (unpaired) electrons. The van der Waals surface area contributed by atoms with E-state index in [0.717, 1.165) is 26.4 Å². The summed E-state index contributed by atoms with van der Waals surface area (Å²) in [6.45, 7) is 3.58. The SMILES string of the molecule is [CH2-][NH+]1C2COCC23COCC13. The van der Waals surface area contributed by atoms with Crippen molar-refractivity contribution in [2.75, 3.05) is 26.4 Å². The van der Waals surface area contributed by atoms with Crippen molar-refractivity contribution in [1.29, 1.82) is 0 Å².